The number of likely N-dealkylation sites (N-methyl/N-ethyl adjacent to an activating group) is 1. The van der Waals surface area contributed by atoms with Gasteiger partial charge in [-0.15, -0.1) is 0 Å². The highest BCUT2D eigenvalue weighted by Crippen LogP contribution is 2.14. The highest BCUT2D eigenvalue weighted by Gasteiger charge is 2.20. The molecule has 0 unspecified atom stereocenters. The zero-order valence-corrected chi connectivity index (χ0v) is 13.8. The summed E-state index contributed by atoms with van der Waals surface area (Å²) in [6.45, 7) is 8.42. The van der Waals surface area contributed by atoms with E-state index >= 15 is 0 Å². The van der Waals surface area contributed by atoms with Crippen molar-refractivity contribution in [3.8, 4) is 0 Å². The average molecular weight is 284 g/mol. The van der Waals surface area contributed by atoms with E-state index in [1.165, 1.54) is 0 Å². The third-order valence-corrected chi connectivity index (χ3v) is 2.83. The molecule has 116 valence electrons. The highest BCUT2D eigenvalue weighted by molar-refractivity contribution is 5.73. The van der Waals surface area contributed by atoms with Crippen molar-refractivity contribution in [1.82, 2.24) is 0 Å². The smallest absolute Gasteiger partial charge is 0.253 e. The number of rotatable bonds is 8. The lowest BCUT2D eigenvalue weighted by molar-refractivity contribution is -0.868. The molecule has 0 saturated heterocycles. The lowest BCUT2D eigenvalue weighted by atomic mass is 10.2. The molecule has 0 spiro atoms. The fraction of sp³-hybridized carbons (Fsp3) is 0.733. The van der Waals surface area contributed by atoms with Gasteiger partial charge in [0, 0.05) is 6.54 Å². The fourth-order valence-electron chi connectivity index (χ4n) is 1.64. The van der Waals surface area contributed by atoms with Gasteiger partial charge >= 0.3 is 0 Å². The molecule has 0 aliphatic heterocycles. The van der Waals surface area contributed by atoms with Crippen molar-refractivity contribution < 1.29 is 4.48 Å². The minimum Gasteiger partial charge on any atom is -0.380 e. The van der Waals surface area contributed by atoms with Crippen LogP contribution in [0.2, 0.25) is 0 Å². The maximum absolute atomic E-state index is 11.4. The van der Waals surface area contributed by atoms with Crippen molar-refractivity contribution >= 4 is 11.4 Å². The van der Waals surface area contributed by atoms with Crippen molar-refractivity contribution in [1.29, 1.82) is 0 Å². The van der Waals surface area contributed by atoms with Crippen LogP contribution in [-0.2, 0) is 0 Å². The molecule has 0 heterocycles. The third kappa shape index (κ3) is 5.74. The second-order valence-corrected chi connectivity index (χ2v) is 5.63. The fourth-order valence-corrected chi connectivity index (χ4v) is 1.64. The summed E-state index contributed by atoms with van der Waals surface area (Å²) in [4.78, 5) is 22.9. The molecule has 0 atom stereocenters. The number of nitrogens with one attached hydrogen (secondary N) is 2. The predicted molar refractivity (Wildman–Crippen MR) is 87.5 cm³/mol. The molecule has 0 fully saturated rings. The zero-order valence-electron chi connectivity index (χ0n) is 13.8. The minimum absolute atomic E-state index is 0.390. The molecule has 0 aromatic heterocycles. The molecular formula is C15H30N3O2+. The topological polar surface area (TPSA) is 58.2 Å². The summed E-state index contributed by atoms with van der Waals surface area (Å²) in [5, 5.41) is 6.10. The van der Waals surface area contributed by atoms with Crippen molar-refractivity contribution in [2.45, 2.75) is 33.6 Å². The van der Waals surface area contributed by atoms with Gasteiger partial charge in [0.1, 0.15) is 11.4 Å². The molecular weight excluding hydrogens is 254 g/mol. The number of quaternary nitrogens is 1. The van der Waals surface area contributed by atoms with E-state index in [0.717, 1.165) is 30.4 Å². The lowest BCUT2D eigenvalue weighted by Crippen LogP contribution is -2.42. The van der Waals surface area contributed by atoms with Gasteiger partial charge in [-0.25, -0.2) is 0 Å². The highest BCUT2D eigenvalue weighted by atomic mass is 16.2. The van der Waals surface area contributed by atoms with Crippen LogP contribution in [0.4, 0.5) is 11.4 Å². The van der Waals surface area contributed by atoms with Crippen LogP contribution >= 0.6 is 0 Å². The van der Waals surface area contributed by atoms with Gasteiger partial charge < -0.3 is 15.1 Å². The summed E-state index contributed by atoms with van der Waals surface area (Å²) in [6.07, 6.45) is 2.06. The molecule has 0 aliphatic rings. The second kappa shape index (κ2) is 8.74. The van der Waals surface area contributed by atoms with E-state index in [-0.39, 0.29) is 5.43 Å². The molecule has 0 aliphatic carbocycles. The van der Waals surface area contributed by atoms with Crippen molar-refractivity contribution in [3.63, 3.8) is 0 Å². The Hall–Kier alpha value is -1.36. The van der Waals surface area contributed by atoms with Crippen LogP contribution in [0.1, 0.15) is 33.6 Å². The van der Waals surface area contributed by atoms with Gasteiger partial charge in [-0.2, -0.15) is 0 Å². The Kier molecular flexibility index (Phi) is 8.15. The summed E-state index contributed by atoms with van der Waals surface area (Å²) < 4.78 is 0.820. The third-order valence-electron chi connectivity index (χ3n) is 2.83. The van der Waals surface area contributed by atoms with E-state index in [0.29, 0.717) is 17.9 Å². The first-order chi connectivity index (χ1) is 9.37. The first kappa shape index (κ1) is 18.6. The van der Waals surface area contributed by atoms with Crippen LogP contribution < -0.4 is 21.5 Å². The molecule has 20 heavy (non-hydrogen) atoms. The summed E-state index contributed by atoms with van der Waals surface area (Å²) in [5.41, 5.74) is 0.147. The second-order valence-electron chi connectivity index (χ2n) is 5.63. The van der Waals surface area contributed by atoms with Gasteiger partial charge in [-0.1, -0.05) is 27.2 Å². The van der Waals surface area contributed by atoms with E-state index in [9.17, 15) is 9.59 Å². The Morgan fingerprint density at radius 1 is 0.900 bits per heavy atom. The largest absolute Gasteiger partial charge is 0.380 e. The number of anilines is 2. The Morgan fingerprint density at radius 3 is 1.75 bits per heavy atom. The van der Waals surface area contributed by atoms with Gasteiger partial charge in [0.15, 0.2) is 0 Å². The summed E-state index contributed by atoms with van der Waals surface area (Å²) in [6, 6.07) is 0. The number of unbranched alkanes of at least 4 members (excludes halogenated alkanes) is 1. The maximum Gasteiger partial charge on any atom is 0.253 e. The van der Waals surface area contributed by atoms with Crippen LogP contribution in [0.5, 0.6) is 0 Å². The van der Waals surface area contributed by atoms with Crippen LogP contribution in [0, 0.1) is 0 Å². The van der Waals surface area contributed by atoms with E-state index in [2.05, 4.69) is 38.7 Å². The summed E-state index contributed by atoms with van der Waals surface area (Å²) >= 11 is 0. The lowest BCUT2D eigenvalue weighted by Gasteiger charge is -2.24. The molecule has 2 N–H and O–H groups in total. The number of hydrogen-bond acceptors (Lipinski definition) is 4. The quantitative estimate of drug-likeness (QED) is 0.433. The van der Waals surface area contributed by atoms with E-state index < -0.39 is 5.43 Å². The first-order valence-electron chi connectivity index (χ1n) is 7.48. The molecule has 5 heteroatoms. The Labute approximate surface area is 122 Å². The van der Waals surface area contributed by atoms with Crippen LogP contribution in [-0.4, -0.2) is 45.3 Å². The van der Waals surface area contributed by atoms with Crippen molar-refractivity contribution in [2.75, 3.05) is 51.4 Å². The van der Waals surface area contributed by atoms with Crippen molar-refractivity contribution in [3.05, 3.63) is 20.4 Å². The first-order valence-corrected chi connectivity index (χ1v) is 7.48. The average Bonchev–Trinajstić information content (AvgIpc) is 2.41. The Bertz CT molecular complexity index is 454. The summed E-state index contributed by atoms with van der Waals surface area (Å²) in [5.74, 6) is 0. The SMILES string of the molecule is CC.CCCCNc1c(NCC[N+](C)(C)C)c(=O)c1=O. The molecule has 1 rings (SSSR count). The molecule has 0 bridgehead atoms. The normalized spacial score (nSPS) is 10.9. The van der Waals surface area contributed by atoms with Crippen LogP contribution in [0.15, 0.2) is 9.59 Å². The van der Waals surface area contributed by atoms with Crippen LogP contribution in [0.3, 0.4) is 0 Å². The summed E-state index contributed by atoms with van der Waals surface area (Å²) in [7, 11) is 6.26. The monoisotopic (exact) mass is 284 g/mol. The van der Waals surface area contributed by atoms with Gasteiger partial charge in [-0.3, -0.25) is 9.59 Å². The van der Waals surface area contributed by atoms with Gasteiger partial charge in [-0.05, 0) is 6.42 Å². The Balaban J connectivity index is 0.00000172. The molecule has 0 saturated carbocycles. The van der Waals surface area contributed by atoms with E-state index in [1.54, 1.807) is 0 Å². The molecule has 0 radical (unpaired) electrons. The molecule has 1 aromatic rings. The minimum atomic E-state index is -0.393. The van der Waals surface area contributed by atoms with Crippen molar-refractivity contribution in [2.24, 2.45) is 0 Å². The van der Waals surface area contributed by atoms with Gasteiger partial charge in [0.2, 0.25) is 0 Å². The number of nitrogens with zero attached hydrogens (tertiary/aromatic N) is 1. The zero-order chi connectivity index (χ0) is 15.8. The molecule has 5 nitrogen and oxygen atoms in total. The maximum atomic E-state index is 11.4. The standard InChI is InChI=1S/C13H23N3O2.C2H6/c1-5-6-7-14-10-11(13(18)12(10)17)15-8-9-16(2,3)4;1-2/h5-9H2,1-4H3,(H-,14,15,17,18);1-2H3/p+1. The molecule has 1 aromatic carbocycles. The molecule has 0 amide bonds. The predicted octanol–water partition coefficient (Wildman–Crippen LogP) is 1.64. The number of hydrogen-bond donors (Lipinski definition) is 2. The van der Waals surface area contributed by atoms with Gasteiger partial charge in [0.05, 0.1) is 34.2 Å². The van der Waals surface area contributed by atoms with Crippen LogP contribution in [0.25, 0.3) is 0 Å². The Morgan fingerprint density at radius 2 is 1.35 bits per heavy atom. The van der Waals surface area contributed by atoms with Gasteiger partial charge in [0.25, 0.3) is 10.9 Å². The van der Waals surface area contributed by atoms with E-state index in [4.69, 9.17) is 0 Å². The van der Waals surface area contributed by atoms with E-state index in [1.807, 2.05) is 13.8 Å².